The van der Waals surface area contributed by atoms with Crippen LogP contribution in [0.4, 0.5) is 0 Å². The number of nitrogens with zero attached hydrogens (tertiary/aromatic N) is 1. The van der Waals surface area contributed by atoms with Crippen LogP contribution in [0.1, 0.15) is 12.5 Å². The van der Waals surface area contributed by atoms with Gasteiger partial charge in [0, 0.05) is 23.0 Å². The number of rotatable bonds is 7. The predicted octanol–water partition coefficient (Wildman–Crippen LogP) is 2.76. The van der Waals surface area contributed by atoms with Crippen LogP contribution in [0, 0.1) is 0 Å². The van der Waals surface area contributed by atoms with E-state index in [4.69, 9.17) is 0 Å². The first kappa shape index (κ1) is 15.5. The normalized spacial score (nSPS) is 13.6. The van der Waals surface area contributed by atoms with Crippen molar-refractivity contribution >= 4 is 17.7 Å². The fourth-order valence-electron chi connectivity index (χ4n) is 2.15. The van der Waals surface area contributed by atoms with Crippen LogP contribution in [0.15, 0.2) is 59.8 Å². The minimum atomic E-state index is -1.09. The van der Waals surface area contributed by atoms with Gasteiger partial charge in [0.1, 0.15) is 0 Å². The first-order chi connectivity index (χ1) is 10.2. The molecular weight excluding hydrogens is 284 g/mol. The van der Waals surface area contributed by atoms with Crippen LogP contribution in [-0.4, -0.2) is 28.4 Å². The lowest BCUT2D eigenvalue weighted by Gasteiger charge is -2.30. The molecule has 110 valence electrons. The highest BCUT2D eigenvalue weighted by atomic mass is 32.2. The van der Waals surface area contributed by atoms with Crippen molar-refractivity contribution in [3.05, 3.63) is 60.4 Å². The molecule has 0 aliphatic heterocycles. The van der Waals surface area contributed by atoms with Crippen LogP contribution in [-0.2, 0) is 10.3 Å². The first-order valence-corrected chi connectivity index (χ1v) is 7.74. The van der Waals surface area contributed by atoms with Gasteiger partial charge in [0.15, 0.2) is 5.54 Å². The molecule has 2 rings (SSSR count). The van der Waals surface area contributed by atoms with Gasteiger partial charge in [0.2, 0.25) is 0 Å². The molecule has 0 saturated carbocycles. The summed E-state index contributed by atoms with van der Waals surface area (Å²) >= 11 is 1.51. The van der Waals surface area contributed by atoms with Crippen molar-refractivity contribution in [1.29, 1.82) is 0 Å². The highest BCUT2D eigenvalue weighted by Crippen LogP contribution is 2.30. The van der Waals surface area contributed by atoms with Gasteiger partial charge >= 0.3 is 5.97 Å². The fraction of sp³-hybridized carbons (Fsp3) is 0.250. The topological polar surface area (TPSA) is 62.2 Å². The van der Waals surface area contributed by atoms with Gasteiger partial charge in [-0.15, -0.1) is 11.8 Å². The molecule has 21 heavy (non-hydrogen) atoms. The van der Waals surface area contributed by atoms with E-state index in [-0.39, 0.29) is 0 Å². The second-order valence-corrected chi connectivity index (χ2v) is 5.63. The molecule has 1 atom stereocenters. The second-order valence-electron chi connectivity index (χ2n) is 4.58. The van der Waals surface area contributed by atoms with Gasteiger partial charge in [-0.3, -0.25) is 10.3 Å². The van der Waals surface area contributed by atoms with Gasteiger partial charge in [-0.05, 0) is 24.2 Å². The highest BCUT2D eigenvalue weighted by Gasteiger charge is 2.39. The third-order valence-corrected chi connectivity index (χ3v) is 4.40. The standard InChI is InChI=1S/C16H18N2O2S/c1-2-18-16(15(19)20,13-6-4-3-5-7-13)12-21-14-8-10-17-11-9-14/h3-11,18H,2,12H2,1H3,(H,19,20). The largest absolute Gasteiger partial charge is 0.480 e. The summed E-state index contributed by atoms with van der Waals surface area (Å²) in [6.45, 7) is 2.50. The van der Waals surface area contributed by atoms with E-state index in [0.29, 0.717) is 12.3 Å². The number of thioether (sulfide) groups is 1. The number of aliphatic carboxylic acids is 1. The molecule has 5 heteroatoms. The molecule has 1 unspecified atom stereocenters. The van der Waals surface area contributed by atoms with Gasteiger partial charge in [0.05, 0.1) is 0 Å². The Kier molecular flexibility index (Phi) is 5.36. The average molecular weight is 302 g/mol. The van der Waals surface area contributed by atoms with Crippen LogP contribution < -0.4 is 5.32 Å². The maximum absolute atomic E-state index is 11.9. The number of carbonyl (C=O) groups is 1. The minimum Gasteiger partial charge on any atom is -0.480 e. The zero-order chi connectivity index (χ0) is 15.1. The van der Waals surface area contributed by atoms with Crippen LogP contribution in [0.3, 0.4) is 0 Å². The molecule has 0 spiro atoms. The summed E-state index contributed by atoms with van der Waals surface area (Å²) in [4.78, 5) is 16.9. The summed E-state index contributed by atoms with van der Waals surface area (Å²) in [6, 6.07) is 13.1. The van der Waals surface area contributed by atoms with Crippen molar-refractivity contribution in [2.45, 2.75) is 17.4 Å². The number of carboxylic acids is 1. The average Bonchev–Trinajstić information content (AvgIpc) is 2.53. The Morgan fingerprint density at radius 3 is 2.48 bits per heavy atom. The molecule has 4 nitrogen and oxygen atoms in total. The lowest BCUT2D eigenvalue weighted by molar-refractivity contribution is -0.144. The highest BCUT2D eigenvalue weighted by molar-refractivity contribution is 7.99. The number of pyridine rings is 1. The van der Waals surface area contributed by atoms with Crippen molar-refractivity contribution in [3.8, 4) is 0 Å². The Balaban J connectivity index is 2.29. The molecule has 1 aromatic carbocycles. The molecule has 0 aliphatic carbocycles. The Morgan fingerprint density at radius 2 is 1.90 bits per heavy atom. The third kappa shape index (κ3) is 3.62. The van der Waals surface area contributed by atoms with Gasteiger partial charge in [-0.1, -0.05) is 37.3 Å². The van der Waals surface area contributed by atoms with E-state index in [0.717, 1.165) is 10.5 Å². The van der Waals surface area contributed by atoms with Crippen LogP contribution in [0.2, 0.25) is 0 Å². The predicted molar refractivity (Wildman–Crippen MR) is 84.4 cm³/mol. The summed E-state index contributed by atoms with van der Waals surface area (Å²) in [6.07, 6.45) is 3.42. The molecule has 0 amide bonds. The lowest BCUT2D eigenvalue weighted by atomic mass is 9.92. The molecule has 2 aromatic rings. The fourth-order valence-corrected chi connectivity index (χ4v) is 3.24. The van der Waals surface area contributed by atoms with E-state index in [1.165, 1.54) is 11.8 Å². The maximum Gasteiger partial charge on any atom is 0.329 e. The van der Waals surface area contributed by atoms with Crippen molar-refractivity contribution in [3.63, 3.8) is 0 Å². The molecule has 0 aliphatic rings. The van der Waals surface area contributed by atoms with Crippen molar-refractivity contribution in [2.75, 3.05) is 12.3 Å². The SMILES string of the molecule is CCNC(CSc1ccncc1)(C(=O)O)c1ccccc1. The summed E-state index contributed by atoms with van der Waals surface area (Å²) in [5, 5.41) is 12.9. The number of benzene rings is 1. The van der Waals surface area contributed by atoms with Gasteiger partial charge < -0.3 is 5.11 Å². The Hall–Kier alpha value is -1.85. The summed E-state index contributed by atoms with van der Waals surface area (Å²) < 4.78 is 0. The monoisotopic (exact) mass is 302 g/mol. The smallest absolute Gasteiger partial charge is 0.329 e. The zero-order valence-electron chi connectivity index (χ0n) is 11.8. The Labute approximate surface area is 128 Å². The van der Waals surface area contributed by atoms with Gasteiger partial charge in [0.25, 0.3) is 0 Å². The number of hydrogen-bond donors (Lipinski definition) is 2. The van der Waals surface area contributed by atoms with Crippen LogP contribution in [0.25, 0.3) is 0 Å². The molecule has 0 fully saturated rings. The van der Waals surface area contributed by atoms with E-state index < -0.39 is 11.5 Å². The molecule has 1 aromatic heterocycles. The van der Waals surface area contributed by atoms with Gasteiger partial charge in [-0.25, -0.2) is 4.79 Å². The molecule has 0 bridgehead atoms. The summed E-state index contributed by atoms with van der Waals surface area (Å²) in [5.41, 5.74) is -0.329. The molecule has 0 radical (unpaired) electrons. The molecule has 1 heterocycles. The number of nitrogens with one attached hydrogen (secondary N) is 1. The molecule has 2 N–H and O–H groups in total. The first-order valence-electron chi connectivity index (χ1n) is 6.76. The Bertz CT molecular complexity index is 577. The van der Waals surface area contributed by atoms with Crippen molar-refractivity contribution in [1.82, 2.24) is 10.3 Å². The van der Waals surface area contributed by atoms with E-state index in [1.54, 1.807) is 12.4 Å². The van der Waals surface area contributed by atoms with E-state index >= 15 is 0 Å². The molecular formula is C16H18N2O2S. The van der Waals surface area contributed by atoms with Gasteiger partial charge in [-0.2, -0.15) is 0 Å². The zero-order valence-corrected chi connectivity index (χ0v) is 12.6. The van der Waals surface area contributed by atoms with Crippen molar-refractivity contribution in [2.24, 2.45) is 0 Å². The summed E-state index contributed by atoms with van der Waals surface area (Å²) in [5.74, 6) is -0.457. The summed E-state index contributed by atoms with van der Waals surface area (Å²) in [7, 11) is 0. The minimum absolute atomic E-state index is 0.407. The van der Waals surface area contributed by atoms with E-state index in [9.17, 15) is 9.90 Å². The Morgan fingerprint density at radius 1 is 1.24 bits per heavy atom. The number of aromatic nitrogens is 1. The number of hydrogen-bond acceptors (Lipinski definition) is 4. The molecule has 0 saturated heterocycles. The maximum atomic E-state index is 11.9. The van der Waals surface area contributed by atoms with Crippen LogP contribution >= 0.6 is 11.8 Å². The van der Waals surface area contributed by atoms with Crippen LogP contribution in [0.5, 0.6) is 0 Å². The number of likely N-dealkylation sites (N-methyl/N-ethyl adjacent to an activating group) is 1. The third-order valence-electron chi connectivity index (χ3n) is 3.22. The second kappa shape index (κ2) is 7.24. The van der Waals surface area contributed by atoms with E-state index in [1.807, 2.05) is 49.4 Å². The lowest BCUT2D eigenvalue weighted by Crippen LogP contribution is -2.51. The van der Waals surface area contributed by atoms with E-state index in [2.05, 4.69) is 10.3 Å². The van der Waals surface area contributed by atoms with Crippen molar-refractivity contribution < 1.29 is 9.90 Å². The quantitative estimate of drug-likeness (QED) is 0.770. The number of carboxylic acid groups (broad SMARTS) is 1.